The molecule has 0 aliphatic heterocycles. The number of carbonyl (C=O) groups excluding carboxylic acids is 1. The van der Waals surface area contributed by atoms with Gasteiger partial charge in [0.1, 0.15) is 5.75 Å². The number of hydrogen-bond acceptors (Lipinski definition) is 3. The van der Waals surface area contributed by atoms with Gasteiger partial charge in [-0.2, -0.15) is 13.2 Å². The van der Waals surface area contributed by atoms with Gasteiger partial charge in [0.25, 0.3) is 0 Å². The molecule has 0 aromatic heterocycles. The van der Waals surface area contributed by atoms with E-state index in [0.717, 1.165) is 5.56 Å². The molecule has 0 unspecified atom stereocenters. The number of halogens is 3. The lowest BCUT2D eigenvalue weighted by Crippen LogP contribution is -2.20. The van der Waals surface area contributed by atoms with Crippen LogP contribution in [-0.2, 0) is 4.79 Å². The number of hydrogen-bond donors (Lipinski definition) is 2. The van der Waals surface area contributed by atoms with Gasteiger partial charge in [0.15, 0.2) is 6.61 Å². The molecule has 1 amide bonds. The van der Waals surface area contributed by atoms with Crippen LogP contribution in [0.3, 0.4) is 0 Å². The lowest BCUT2D eigenvalue weighted by Gasteiger charge is -2.14. The Labute approximate surface area is 121 Å². The Kier molecular flexibility index (Phi) is 6.48. The van der Waals surface area contributed by atoms with E-state index >= 15 is 0 Å². The number of aryl methyl sites for hydroxylation is 1. The zero-order chi connectivity index (χ0) is 15.9. The molecule has 0 aliphatic carbocycles. The van der Waals surface area contributed by atoms with Crippen LogP contribution in [0.25, 0.3) is 0 Å². The first-order valence-electron chi connectivity index (χ1n) is 6.56. The van der Waals surface area contributed by atoms with E-state index in [-0.39, 0.29) is 23.8 Å². The molecule has 0 spiro atoms. The molecule has 118 valence electrons. The summed E-state index contributed by atoms with van der Waals surface area (Å²) in [6, 6.07) is 4.70. The summed E-state index contributed by atoms with van der Waals surface area (Å²) < 4.78 is 41.4. The molecular formula is C14H19F3N2O2. The van der Waals surface area contributed by atoms with Gasteiger partial charge >= 0.3 is 6.18 Å². The molecular weight excluding hydrogens is 285 g/mol. The maximum atomic E-state index is 12.2. The lowest BCUT2D eigenvalue weighted by atomic mass is 10.2. The van der Waals surface area contributed by atoms with Crippen LogP contribution >= 0.6 is 0 Å². The van der Waals surface area contributed by atoms with Gasteiger partial charge in [-0.15, -0.1) is 0 Å². The first-order chi connectivity index (χ1) is 9.81. The van der Waals surface area contributed by atoms with Crippen molar-refractivity contribution in [2.24, 2.45) is 0 Å². The van der Waals surface area contributed by atoms with Gasteiger partial charge in [-0.05, 0) is 44.6 Å². The van der Waals surface area contributed by atoms with Gasteiger partial charge in [0.2, 0.25) is 5.91 Å². The van der Waals surface area contributed by atoms with Gasteiger partial charge < -0.3 is 15.4 Å². The van der Waals surface area contributed by atoms with Crippen LogP contribution in [0.2, 0.25) is 0 Å². The van der Waals surface area contributed by atoms with Crippen molar-refractivity contribution in [2.45, 2.75) is 25.9 Å². The molecule has 0 atom stereocenters. The Morgan fingerprint density at radius 2 is 2.05 bits per heavy atom. The Hall–Kier alpha value is -1.76. The molecule has 0 fully saturated rings. The molecule has 1 aromatic carbocycles. The second-order valence-corrected chi connectivity index (χ2v) is 4.66. The molecule has 0 saturated carbocycles. The largest absolute Gasteiger partial charge is 0.482 e. The van der Waals surface area contributed by atoms with Crippen molar-refractivity contribution in [1.29, 1.82) is 0 Å². The Bertz CT molecular complexity index is 476. The van der Waals surface area contributed by atoms with Crippen LogP contribution < -0.4 is 15.4 Å². The van der Waals surface area contributed by atoms with Crippen molar-refractivity contribution in [3.63, 3.8) is 0 Å². The molecule has 21 heavy (non-hydrogen) atoms. The van der Waals surface area contributed by atoms with Gasteiger partial charge in [0.05, 0.1) is 5.69 Å². The summed E-state index contributed by atoms with van der Waals surface area (Å²) in [5.41, 5.74) is 1.000. The van der Waals surface area contributed by atoms with Crippen LogP contribution in [0, 0.1) is 6.92 Å². The third-order valence-electron chi connectivity index (χ3n) is 2.63. The van der Waals surface area contributed by atoms with E-state index in [0.29, 0.717) is 13.0 Å². The minimum absolute atomic E-state index is 0.0225. The topological polar surface area (TPSA) is 50.4 Å². The molecule has 0 aliphatic rings. The highest BCUT2D eigenvalue weighted by Gasteiger charge is 2.29. The molecule has 4 nitrogen and oxygen atoms in total. The van der Waals surface area contributed by atoms with Crippen molar-refractivity contribution in [3.8, 4) is 5.75 Å². The zero-order valence-electron chi connectivity index (χ0n) is 12.0. The molecule has 0 radical (unpaired) electrons. The van der Waals surface area contributed by atoms with Gasteiger partial charge in [0, 0.05) is 6.42 Å². The van der Waals surface area contributed by atoms with Crippen molar-refractivity contribution in [2.75, 3.05) is 25.5 Å². The van der Waals surface area contributed by atoms with E-state index < -0.39 is 12.8 Å². The van der Waals surface area contributed by atoms with Gasteiger partial charge in [-0.3, -0.25) is 4.79 Å². The summed E-state index contributed by atoms with van der Waals surface area (Å²) in [5.74, 6) is -0.236. The molecule has 0 bridgehead atoms. The predicted molar refractivity (Wildman–Crippen MR) is 74.5 cm³/mol. The highest BCUT2D eigenvalue weighted by molar-refractivity contribution is 5.92. The first-order valence-corrected chi connectivity index (χ1v) is 6.56. The van der Waals surface area contributed by atoms with E-state index in [2.05, 4.69) is 10.6 Å². The maximum Gasteiger partial charge on any atom is 0.422 e. The van der Waals surface area contributed by atoms with E-state index in [1.165, 1.54) is 12.1 Å². The SMILES string of the molecule is CNCCCC(=O)Nc1ccc(C)cc1OCC(F)(F)F. The highest BCUT2D eigenvalue weighted by Crippen LogP contribution is 2.28. The number of anilines is 1. The summed E-state index contributed by atoms with van der Waals surface area (Å²) in [7, 11) is 1.78. The van der Waals surface area contributed by atoms with Crippen LogP contribution in [0.4, 0.5) is 18.9 Å². The van der Waals surface area contributed by atoms with Crippen LogP contribution in [0.5, 0.6) is 5.75 Å². The fourth-order valence-corrected chi connectivity index (χ4v) is 1.65. The number of nitrogens with one attached hydrogen (secondary N) is 2. The summed E-state index contributed by atoms with van der Waals surface area (Å²) in [6.45, 7) is 1.04. The Morgan fingerprint density at radius 3 is 2.67 bits per heavy atom. The zero-order valence-corrected chi connectivity index (χ0v) is 12.0. The summed E-state index contributed by atoms with van der Waals surface area (Å²) >= 11 is 0. The minimum atomic E-state index is -4.42. The average molecular weight is 304 g/mol. The van der Waals surface area contributed by atoms with Gasteiger partial charge in [-0.25, -0.2) is 0 Å². The molecule has 2 N–H and O–H groups in total. The van der Waals surface area contributed by atoms with Crippen LogP contribution in [0.15, 0.2) is 18.2 Å². The van der Waals surface area contributed by atoms with Crippen LogP contribution in [0.1, 0.15) is 18.4 Å². The van der Waals surface area contributed by atoms with E-state index in [1.54, 1.807) is 20.0 Å². The highest BCUT2D eigenvalue weighted by atomic mass is 19.4. The molecule has 7 heteroatoms. The number of alkyl halides is 3. The fourth-order valence-electron chi connectivity index (χ4n) is 1.65. The number of amides is 1. The second-order valence-electron chi connectivity index (χ2n) is 4.66. The monoisotopic (exact) mass is 304 g/mol. The smallest absolute Gasteiger partial charge is 0.422 e. The minimum Gasteiger partial charge on any atom is -0.482 e. The predicted octanol–water partition coefficient (Wildman–Crippen LogP) is 2.87. The van der Waals surface area contributed by atoms with E-state index in [1.807, 2.05) is 0 Å². The average Bonchev–Trinajstić information content (AvgIpc) is 2.38. The second kappa shape index (κ2) is 7.87. The van der Waals surface area contributed by atoms with Crippen molar-refractivity contribution >= 4 is 11.6 Å². The quantitative estimate of drug-likeness (QED) is 0.762. The van der Waals surface area contributed by atoms with Crippen molar-refractivity contribution in [1.82, 2.24) is 5.32 Å². The van der Waals surface area contributed by atoms with Crippen molar-refractivity contribution < 1.29 is 22.7 Å². The third kappa shape index (κ3) is 6.99. The third-order valence-corrected chi connectivity index (χ3v) is 2.63. The number of carbonyl (C=O) groups is 1. The fraction of sp³-hybridized carbons (Fsp3) is 0.500. The Morgan fingerprint density at radius 1 is 1.33 bits per heavy atom. The van der Waals surface area contributed by atoms with Gasteiger partial charge in [-0.1, -0.05) is 6.07 Å². The Balaban J connectivity index is 2.70. The molecule has 1 aromatic rings. The number of rotatable bonds is 7. The lowest BCUT2D eigenvalue weighted by molar-refractivity contribution is -0.153. The summed E-state index contributed by atoms with van der Waals surface area (Å²) in [6.07, 6.45) is -3.49. The number of benzene rings is 1. The molecule has 0 saturated heterocycles. The molecule has 0 heterocycles. The first kappa shape index (κ1) is 17.3. The normalized spacial score (nSPS) is 11.3. The summed E-state index contributed by atoms with van der Waals surface area (Å²) in [4.78, 5) is 11.7. The van der Waals surface area contributed by atoms with E-state index in [4.69, 9.17) is 4.74 Å². The van der Waals surface area contributed by atoms with E-state index in [9.17, 15) is 18.0 Å². The van der Waals surface area contributed by atoms with Crippen LogP contribution in [-0.4, -0.2) is 32.3 Å². The molecule has 1 rings (SSSR count). The number of ether oxygens (including phenoxy) is 1. The standard InChI is InChI=1S/C14H19F3N2O2/c1-10-5-6-11(19-13(20)4-3-7-18-2)12(8-10)21-9-14(15,16)17/h5-6,8,18H,3-4,7,9H2,1-2H3,(H,19,20). The summed E-state index contributed by atoms with van der Waals surface area (Å²) in [5, 5.41) is 5.49. The maximum absolute atomic E-state index is 12.2. The van der Waals surface area contributed by atoms with Crippen molar-refractivity contribution in [3.05, 3.63) is 23.8 Å².